The molecule has 0 aliphatic heterocycles. The molecule has 0 unspecified atom stereocenters. The number of hydrogen-bond acceptors (Lipinski definition) is 5. The molecule has 0 fully saturated rings. The summed E-state index contributed by atoms with van der Waals surface area (Å²) in [6.07, 6.45) is 0. The molecular weight excluding hydrogens is 700 g/mol. The Morgan fingerprint density at radius 1 is 0.500 bits per heavy atom. The minimum Gasteiger partial charge on any atom is -0.504 e. The standard InChI is InChI=1S/2C12H8Br2O2.CH2O/c2*13-10-8(7-4-2-1-3-5-7)6-9(15)12(16)11(10)14;1-2/h2*1-6,15-16H;1H2. The summed E-state index contributed by atoms with van der Waals surface area (Å²) >= 11 is 13.2. The topological polar surface area (TPSA) is 98.0 Å². The third-order valence-corrected chi connectivity index (χ3v) is 8.75. The van der Waals surface area contributed by atoms with E-state index in [0.29, 0.717) is 17.9 Å². The minimum atomic E-state index is -0.161. The van der Waals surface area contributed by atoms with Crippen molar-refractivity contribution in [1.29, 1.82) is 0 Å². The maximum atomic E-state index is 9.57. The Bertz CT molecular complexity index is 1170. The molecule has 0 atom stereocenters. The molecule has 0 aromatic heterocycles. The molecule has 0 spiro atoms. The largest absolute Gasteiger partial charge is 0.504 e. The van der Waals surface area contributed by atoms with Gasteiger partial charge in [0.1, 0.15) is 6.79 Å². The molecule has 0 radical (unpaired) electrons. The number of hydrogen-bond donors (Lipinski definition) is 4. The maximum Gasteiger partial charge on any atom is 0.173 e. The van der Waals surface area contributed by atoms with Gasteiger partial charge in [0.15, 0.2) is 23.0 Å². The lowest BCUT2D eigenvalue weighted by molar-refractivity contribution is -0.0980. The van der Waals surface area contributed by atoms with Crippen molar-refractivity contribution in [2.45, 2.75) is 0 Å². The van der Waals surface area contributed by atoms with Crippen molar-refractivity contribution >= 4 is 70.5 Å². The van der Waals surface area contributed by atoms with E-state index in [4.69, 9.17) is 4.79 Å². The van der Waals surface area contributed by atoms with Crippen LogP contribution < -0.4 is 0 Å². The molecule has 4 N–H and O–H groups in total. The van der Waals surface area contributed by atoms with Crippen LogP contribution in [0, 0.1) is 0 Å². The Morgan fingerprint density at radius 3 is 1.09 bits per heavy atom. The Balaban J connectivity index is 0.000000224. The molecule has 4 aromatic carbocycles. The van der Waals surface area contributed by atoms with E-state index >= 15 is 0 Å². The summed E-state index contributed by atoms with van der Waals surface area (Å²) in [5.41, 5.74) is 3.57. The molecule has 4 aromatic rings. The molecule has 0 aliphatic rings. The summed E-state index contributed by atoms with van der Waals surface area (Å²) in [6.45, 7) is 2.00. The van der Waals surface area contributed by atoms with Gasteiger partial charge in [-0.15, -0.1) is 0 Å². The highest BCUT2D eigenvalue weighted by molar-refractivity contribution is 9.13. The molecular formula is C25H18Br4O5. The van der Waals surface area contributed by atoms with Gasteiger partial charge in [0.05, 0.1) is 8.95 Å². The number of phenolic OH excluding ortho intramolecular Hbond substituents is 4. The van der Waals surface area contributed by atoms with Gasteiger partial charge in [-0.25, -0.2) is 0 Å². The van der Waals surface area contributed by atoms with Crippen LogP contribution >= 0.6 is 63.7 Å². The molecule has 34 heavy (non-hydrogen) atoms. The predicted molar refractivity (Wildman–Crippen MR) is 148 cm³/mol. The van der Waals surface area contributed by atoms with Gasteiger partial charge in [-0.3, -0.25) is 0 Å². The molecule has 0 saturated carbocycles. The number of carbonyl (C=O) groups is 1. The second-order valence-corrected chi connectivity index (χ2v) is 9.74. The summed E-state index contributed by atoms with van der Waals surface area (Å²) in [5.74, 6) is -0.610. The average molecular weight is 718 g/mol. The van der Waals surface area contributed by atoms with Crippen molar-refractivity contribution in [3.63, 3.8) is 0 Å². The Kier molecular flexibility index (Phi) is 10.6. The molecule has 0 amide bonds. The first-order chi connectivity index (χ1) is 16.2. The Hall–Kier alpha value is -2.33. The molecule has 0 bridgehead atoms. The fourth-order valence-electron chi connectivity index (χ4n) is 2.86. The van der Waals surface area contributed by atoms with Gasteiger partial charge in [0, 0.05) is 20.1 Å². The van der Waals surface area contributed by atoms with E-state index in [-0.39, 0.29) is 23.0 Å². The van der Waals surface area contributed by atoms with Crippen molar-refractivity contribution in [1.82, 2.24) is 0 Å². The van der Waals surface area contributed by atoms with Crippen molar-refractivity contribution in [3.8, 4) is 45.3 Å². The molecule has 5 nitrogen and oxygen atoms in total. The zero-order chi connectivity index (χ0) is 25.4. The third-order valence-electron chi connectivity index (χ3n) is 4.49. The van der Waals surface area contributed by atoms with Gasteiger partial charge >= 0.3 is 0 Å². The number of phenols is 4. The predicted octanol–water partition coefficient (Wildman–Crippen LogP) is 8.39. The van der Waals surface area contributed by atoms with Crippen LogP contribution in [0.15, 0.2) is 90.7 Å². The first-order valence-electron chi connectivity index (χ1n) is 9.42. The first kappa shape index (κ1) is 27.9. The summed E-state index contributed by atoms with van der Waals surface area (Å²) < 4.78 is 2.33. The van der Waals surface area contributed by atoms with Gasteiger partial charge < -0.3 is 25.2 Å². The summed E-state index contributed by atoms with van der Waals surface area (Å²) in [4.78, 5) is 8.00. The number of aromatic hydroxyl groups is 4. The molecule has 0 saturated heterocycles. The van der Waals surface area contributed by atoms with E-state index in [1.165, 1.54) is 12.1 Å². The lowest BCUT2D eigenvalue weighted by Crippen LogP contribution is -1.82. The highest BCUT2D eigenvalue weighted by atomic mass is 79.9. The van der Waals surface area contributed by atoms with Gasteiger partial charge in [0.2, 0.25) is 0 Å². The van der Waals surface area contributed by atoms with Crippen molar-refractivity contribution in [3.05, 3.63) is 90.7 Å². The van der Waals surface area contributed by atoms with Gasteiger partial charge in [-0.2, -0.15) is 0 Å². The summed E-state index contributed by atoms with van der Waals surface area (Å²) in [7, 11) is 0. The van der Waals surface area contributed by atoms with E-state index in [1.807, 2.05) is 67.5 Å². The fourth-order valence-corrected chi connectivity index (χ4v) is 4.76. The summed E-state index contributed by atoms with van der Waals surface area (Å²) in [6, 6.07) is 22.3. The number of benzene rings is 4. The smallest absolute Gasteiger partial charge is 0.173 e. The summed E-state index contributed by atoms with van der Waals surface area (Å²) in [5, 5.41) is 38.2. The number of carbonyl (C=O) groups excluding carboxylic acids is 1. The van der Waals surface area contributed by atoms with E-state index in [1.54, 1.807) is 0 Å². The zero-order valence-electron chi connectivity index (χ0n) is 17.3. The number of halogens is 4. The van der Waals surface area contributed by atoms with Crippen molar-refractivity contribution in [2.75, 3.05) is 0 Å². The molecule has 9 heteroatoms. The number of rotatable bonds is 2. The maximum absolute atomic E-state index is 9.57. The third kappa shape index (κ3) is 6.41. The second-order valence-electron chi connectivity index (χ2n) is 6.57. The minimum absolute atomic E-state index is 0.145. The Labute approximate surface area is 230 Å². The van der Waals surface area contributed by atoms with Crippen molar-refractivity contribution in [2.24, 2.45) is 0 Å². The molecule has 4 rings (SSSR count). The second kappa shape index (κ2) is 12.9. The van der Waals surface area contributed by atoms with Crippen LogP contribution in [-0.2, 0) is 4.79 Å². The van der Waals surface area contributed by atoms with Crippen molar-refractivity contribution < 1.29 is 25.2 Å². The van der Waals surface area contributed by atoms with Crippen LogP contribution in [0.5, 0.6) is 23.0 Å². The monoisotopic (exact) mass is 714 g/mol. The lowest BCUT2D eigenvalue weighted by Gasteiger charge is -2.09. The van der Waals surface area contributed by atoms with Gasteiger partial charge in [-0.1, -0.05) is 60.7 Å². The molecule has 176 valence electrons. The molecule has 0 aliphatic carbocycles. The highest BCUT2D eigenvalue weighted by Gasteiger charge is 2.15. The fraction of sp³-hybridized carbons (Fsp3) is 0. The molecule has 0 heterocycles. The van der Waals surface area contributed by atoms with Gasteiger partial charge in [0.25, 0.3) is 0 Å². The van der Waals surface area contributed by atoms with Gasteiger partial charge in [-0.05, 0) is 87.0 Å². The van der Waals surface area contributed by atoms with E-state index < -0.39 is 0 Å². The van der Waals surface area contributed by atoms with Crippen LogP contribution in [0.4, 0.5) is 0 Å². The quantitative estimate of drug-likeness (QED) is 0.156. The highest BCUT2D eigenvalue weighted by Crippen LogP contribution is 2.45. The van der Waals surface area contributed by atoms with E-state index in [2.05, 4.69) is 63.7 Å². The lowest BCUT2D eigenvalue weighted by atomic mass is 10.1. The van der Waals surface area contributed by atoms with E-state index in [0.717, 1.165) is 22.3 Å². The zero-order valence-corrected chi connectivity index (χ0v) is 23.7. The van der Waals surface area contributed by atoms with Crippen LogP contribution in [0.25, 0.3) is 22.3 Å². The Morgan fingerprint density at radius 2 is 0.794 bits per heavy atom. The SMILES string of the molecule is C=O.Oc1cc(-c2ccccc2)c(Br)c(Br)c1O.Oc1cc(-c2ccccc2)c(Br)c(Br)c1O. The van der Waals surface area contributed by atoms with Crippen LogP contribution in [-0.4, -0.2) is 27.2 Å². The normalized spacial score (nSPS) is 9.88. The first-order valence-corrected chi connectivity index (χ1v) is 12.6. The van der Waals surface area contributed by atoms with Crippen LogP contribution in [0.3, 0.4) is 0 Å². The van der Waals surface area contributed by atoms with E-state index in [9.17, 15) is 20.4 Å². The van der Waals surface area contributed by atoms with Crippen LogP contribution in [0.2, 0.25) is 0 Å². The van der Waals surface area contributed by atoms with Crippen LogP contribution in [0.1, 0.15) is 0 Å². The average Bonchev–Trinajstić information content (AvgIpc) is 2.88.